The van der Waals surface area contributed by atoms with Gasteiger partial charge in [-0.3, -0.25) is 0 Å². The number of para-hydroxylation sites is 2. The fourth-order valence-corrected chi connectivity index (χ4v) is 3.41. The third-order valence-electron chi connectivity index (χ3n) is 4.69. The summed E-state index contributed by atoms with van der Waals surface area (Å²) >= 11 is 0. The molecule has 0 radical (unpaired) electrons. The fraction of sp³-hybridized carbons (Fsp3) is 0.429. The maximum atomic E-state index is 2.64. The Labute approximate surface area is 140 Å². The van der Waals surface area contributed by atoms with Crippen LogP contribution in [0.2, 0.25) is 0 Å². The average Bonchev–Trinajstić information content (AvgIpc) is 2.64. The van der Waals surface area contributed by atoms with E-state index in [4.69, 9.17) is 0 Å². The molecule has 1 aliphatic rings. The molecule has 0 amide bonds. The predicted octanol–water partition coefficient (Wildman–Crippen LogP) is 5.09. The third-order valence-corrected chi connectivity index (χ3v) is 4.69. The molecule has 0 bridgehead atoms. The molecule has 0 N–H and O–H groups in total. The molecule has 0 atom stereocenters. The fourth-order valence-electron chi connectivity index (χ4n) is 3.41. The van der Waals surface area contributed by atoms with Gasteiger partial charge in [-0.05, 0) is 69.6 Å². The summed E-state index contributed by atoms with van der Waals surface area (Å²) in [6.07, 6.45) is 6.73. The first-order valence-electron chi connectivity index (χ1n) is 9.03. The van der Waals surface area contributed by atoms with Crippen LogP contribution in [0.4, 0.5) is 11.4 Å². The monoisotopic (exact) mass is 308 g/mol. The van der Waals surface area contributed by atoms with Crippen LogP contribution in [0.5, 0.6) is 0 Å². The first-order valence-corrected chi connectivity index (χ1v) is 9.03. The van der Waals surface area contributed by atoms with Crippen LogP contribution in [-0.2, 0) is 0 Å². The Bertz CT molecular complexity index is 507. The first kappa shape index (κ1) is 16.1. The lowest BCUT2D eigenvalue weighted by molar-refractivity contribution is 0.225. The summed E-state index contributed by atoms with van der Waals surface area (Å²) in [5, 5.41) is 0. The van der Waals surface area contributed by atoms with Gasteiger partial charge in [-0.25, -0.2) is 0 Å². The number of likely N-dealkylation sites (tertiary alicyclic amines) is 1. The van der Waals surface area contributed by atoms with Gasteiger partial charge in [-0.15, -0.1) is 0 Å². The summed E-state index contributed by atoms with van der Waals surface area (Å²) in [7, 11) is 0. The van der Waals surface area contributed by atoms with Gasteiger partial charge in [0.05, 0.1) is 0 Å². The highest BCUT2D eigenvalue weighted by Crippen LogP contribution is 2.25. The molecule has 23 heavy (non-hydrogen) atoms. The van der Waals surface area contributed by atoms with E-state index in [9.17, 15) is 0 Å². The molecule has 1 heterocycles. The first-order chi connectivity index (χ1) is 11.4. The molecule has 2 aromatic carbocycles. The lowest BCUT2D eigenvalue weighted by Gasteiger charge is -2.28. The molecule has 2 heteroatoms. The second-order valence-electron chi connectivity index (χ2n) is 6.43. The van der Waals surface area contributed by atoms with Crippen LogP contribution in [0.15, 0.2) is 60.7 Å². The summed E-state index contributed by atoms with van der Waals surface area (Å²) in [5.41, 5.74) is 2.58. The third kappa shape index (κ3) is 4.84. The standard InChI is InChI=1S/C21H28N2/c1-4-12-20(13-5-1)23(21-14-6-2-7-15-21)19-11-10-18-22-16-8-3-9-17-22/h1-2,4-7,12-15H,3,8-11,16-19H2. The van der Waals surface area contributed by atoms with Crippen LogP contribution in [-0.4, -0.2) is 31.1 Å². The lowest BCUT2D eigenvalue weighted by atomic mass is 10.1. The van der Waals surface area contributed by atoms with Crippen molar-refractivity contribution in [3.8, 4) is 0 Å². The predicted molar refractivity (Wildman–Crippen MR) is 99.4 cm³/mol. The maximum absolute atomic E-state index is 2.64. The summed E-state index contributed by atoms with van der Waals surface area (Å²) < 4.78 is 0. The average molecular weight is 308 g/mol. The molecule has 3 rings (SSSR count). The largest absolute Gasteiger partial charge is 0.341 e. The molecular weight excluding hydrogens is 280 g/mol. The second-order valence-corrected chi connectivity index (χ2v) is 6.43. The summed E-state index contributed by atoms with van der Waals surface area (Å²) in [6.45, 7) is 4.96. The molecule has 2 nitrogen and oxygen atoms in total. The van der Waals surface area contributed by atoms with Crippen molar-refractivity contribution in [1.82, 2.24) is 4.90 Å². The molecule has 122 valence electrons. The molecule has 0 saturated carbocycles. The number of hydrogen-bond donors (Lipinski definition) is 0. The molecule has 1 fully saturated rings. The van der Waals surface area contributed by atoms with Gasteiger partial charge in [-0.2, -0.15) is 0 Å². The van der Waals surface area contributed by atoms with E-state index in [-0.39, 0.29) is 0 Å². The second kappa shape index (κ2) is 8.73. The highest BCUT2D eigenvalue weighted by atomic mass is 15.1. The Kier molecular flexibility index (Phi) is 6.10. The highest BCUT2D eigenvalue weighted by molar-refractivity contribution is 5.62. The van der Waals surface area contributed by atoms with E-state index in [1.807, 2.05) is 0 Å². The molecule has 1 aliphatic heterocycles. The van der Waals surface area contributed by atoms with Crippen molar-refractivity contribution in [3.63, 3.8) is 0 Å². The molecule has 0 unspecified atom stereocenters. The Morgan fingerprint density at radius 1 is 0.696 bits per heavy atom. The van der Waals surface area contributed by atoms with E-state index in [1.165, 1.54) is 63.1 Å². The molecule has 1 saturated heterocycles. The maximum Gasteiger partial charge on any atom is 0.0410 e. The summed E-state index contributed by atoms with van der Waals surface area (Å²) in [5.74, 6) is 0. The van der Waals surface area contributed by atoms with Crippen LogP contribution in [0.3, 0.4) is 0 Å². The Morgan fingerprint density at radius 2 is 1.26 bits per heavy atom. The van der Waals surface area contributed by atoms with Gasteiger partial charge in [0, 0.05) is 17.9 Å². The molecule has 0 spiro atoms. The smallest absolute Gasteiger partial charge is 0.0410 e. The number of benzene rings is 2. The molecule has 2 aromatic rings. The minimum Gasteiger partial charge on any atom is -0.341 e. The Morgan fingerprint density at radius 3 is 1.83 bits per heavy atom. The molecular formula is C21H28N2. The minimum absolute atomic E-state index is 1.09. The lowest BCUT2D eigenvalue weighted by Crippen LogP contribution is -2.31. The highest BCUT2D eigenvalue weighted by Gasteiger charge is 2.11. The van der Waals surface area contributed by atoms with Crippen molar-refractivity contribution in [2.75, 3.05) is 31.1 Å². The van der Waals surface area contributed by atoms with Crippen LogP contribution in [0.1, 0.15) is 32.1 Å². The SMILES string of the molecule is c1ccc(N(CCCCN2CCCCC2)c2ccccc2)cc1. The van der Waals surface area contributed by atoms with Gasteiger partial charge < -0.3 is 9.80 Å². The van der Waals surface area contributed by atoms with Gasteiger partial charge in [0.15, 0.2) is 0 Å². The van der Waals surface area contributed by atoms with Crippen LogP contribution in [0.25, 0.3) is 0 Å². The van der Waals surface area contributed by atoms with Gasteiger partial charge in [0.1, 0.15) is 0 Å². The minimum atomic E-state index is 1.09. The quantitative estimate of drug-likeness (QED) is 0.657. The van der Waals surface area contributed by atoms with E-state index in [2.05, 4.69) is 70.5 Å². The zero-order valence-electron chi connectivity index (χ0n) is 14.0. The van der Waals surface area contributed by atoms with Crippen molar-refractivity contribution >= 4 is 11.4 Å². The van der Waals surface area contributed by atoms with Crippen LogP contribution in [0, 0.1) is 0 Å². The van der Waals surface area contributed by atoms with Gasteiger partial charge >= 0.3 is 0 Å². The number of hydrogen-bond acceptors (Lipinski definition) is 2. The Hall–Kier alpha value is -1.80. The zero-order valence-corrected chi connectivity index (χ0v) is 14.0. The number of piperidine rings is 1. The van der Waals surface area contributed by atoms with E-state index in [0.717, 1.165) is 6.54 Å². The normalized spacial score (nSPS) is 15.5. The number of unbranched alkanes of at least 4 members (excludes halogenated alkanes) is 1. The number of nitrogens with zero attached hydrogens (tertiary/aromatic N) is 2. The van der Waals surface area contributed by atoms with Crippen molar-refractivity contribution in [1.29, 1.82) is 0 Å². The van der Waals surface area contributed by atoms with Crippen molar-refractivity contribution < 1.29 is 0 Å². The van der Waals surface area contributed by atoms with E-state index < -0.39 is 0 Å². The van der Waals surface area contributed by atoms with Crippen molar-refractivity contribution in [2.45, 2.75) is 32.1 Å². The summed E-state index contributed by atoms with van der Waals surface area (Å²) in [4.78, 5) is 5.08. The van der Waals surface area contributed by atoms with Gasteiger partial charge in [0.25, 0.3) is 0 Å². The molecule has 0 aromatic heterocycles. The van der Waals surface area contributed by atoms with Gasteiger partial charge in [-0.1, -0.05) is 42.8 Å². The number of anilines is 2. The summed E-state index contributed by atoms with van der Waals surface area (Å²) in [6, 6.07) is 21.5. The van der Waals surface area contributed by atoms with Gasteiger partial charge in [0.2, 0.25) is 0 Å². The Balaban J connectivity index is 1.56. The van der Waals surface area contributed by atoms with Crippen molar-refractivity contribution in [3.05, 3.63) is 60.7 Å². The topological polar surface area (TPSA) is 6.48 Å². The van der Waals surface area contributed by atoms with E-state index in [0.29, 0.717) is 0 Å². The van der Waals surface area contributed by atoms with E-state index >= 15 is 0 Å². The molecule has 0 aliphatic carbocycles. The van der Waals surface area contributed by atoms with E-state index in [1.54, 1.807) is 0 Å². The van der Waals surface area contributed by atoms with Crippen LogP contribution >= 0.6 is 0 Å². The number of rotatable bonds is 7. The zero-order chi connectivity index (χ0) is 15.7. The van der Waals surface area contributed by atoms with Crippen LogP contribution < -0.4 is 4.90 Å². The van der Waals surface area contributed by atoms with Crippen molar-refractivity contribution in [2.24, 2.45) is 0 Å².